The highest BCUT2D eigenvalue weighted by molar-refractivity contribution is 5.27. The number of hydrogen-bond acceptors (Lipinski definition) is 2. The van der Waals surface area contributed by atoms with Crippen LogP contribution < -0.4 is 0 Å². The molecule has 2 aromatic rings. The van der Waals surface area contributed by atoms with E-state index in [1.54, 1.807) is 12.3 Å². The number of aliphatic hydroxyl groups excluding tert-OH is 1. The maximum Gasteiger partial charge on any atom is 0.162 e. The van der Waals surface area contributed by atoms with E-state index in [9.17, 15) is 13.9 Å². The second kappa shape index (κ2) is 5.23. The van der Waals surface area contributed by atoms with Crippen LogP contribution in [0.15, 0.2) is 36.7 Å². The van der Waals surface area contributed by atoms with Gasteiger partial charge < -0.3 is 5.11 Å². The summed E-state index contributed by atoms with van der Waals surface area (Å²) in [5, 5.41) is 10.0. The maximum absolute atomic E-state index is 13.5. The Balaban J connectivity index is 2.24. The number of nitrogens with zero attached hydrogens (tertiary/aromatic N) is 1. The lowest BCUT2D eigenvalue weighted by molar-refractivity contribution is 0.175. The summed E-state index contributed by atoms with van der Waals surface area (Å²) >= 11 is 0. The van der Waals surface area contributed by atoms with E-state index in [-0.39, 0.29) is 12.0 Å². The molecule has 2 nitrogen and oxygen atoms in total. The van der Waals surface area contributed by atoms with Gasteiger partial charge in [0, 0.05) is 24.4 Å². The third-order valence-electron chi connectivity index (χ3n) is 2.88. The van der Waals surface area contributed by atoms with Crippen molar-refractivity contribution >= 4 is 0 Å². The second-order valence-corrected chi connectivity index (χ2v) is 4.17. The van der Waals surface area contributed by atoms with E-state index in [0.717, 1.165) is 11.6 Å². The SMILES string of the molecule is Cc1ccncc1C(O)Cc1cccc(F)c1F. The van der Waals surface area contributed by atoms with E-state index in [4.69, 9.17) is 0 Å². The van der Waals surface area contributed by atoms with Crippen LogP contribution in [0.3, 0.4) is 0 Å². The summed E-state index contributed by atoms with van der Waals surface area (Å²) in [7, 11) is 0. The van der Waals surface area contributed by atoms with E-state index < -0.39 is 17.7 Å². The van der Waals surface area contributed by atoms with Gasteiger partial charge >= 0.3 is 0 Å². The van der Waals surface area contributed by atoms with E-state index >= 15 is 0 Å². The zero-order chi connectivity index (χ0) is 13.1. The molecule has 2 rings (SSSR count). The summed E-state index contributed by atoms with van der Waals surface area (Å²) in [6.07, 6.45) is 2.29. The van der Waals surface area contributed by atoms with Gasteiger partial charge in [0.25, 0.3) is 0 Å². The van der Waals surface area contributed by atoms with Crippen LogP contribution in [0, 0.1) is 18.6 Å². The number of aryl methyl sites for hydroxylation is 1. The maximum atomic E-state index is 13.5. The molecule has 1 atom stereocenters. The third kappa shape index (κ3) is 2.54. The summed E-state index contributed by atoms with van der Waals surface area (Å²) in [6.45, 7) is 1.84. The van der Waals surface area contributed by atoms with Crippen molar-refractivity contribution in [3.05, 3.63) is 65.0 Å². The normalized spacial score (nSPS) is 12.4. The average molecular weight is 249 g/mol. The lowest BCUT2D eigenvalue weighted by Gasteiger charge is -2.13. The molecule has 1 unspecified atom stereocenters. The molecule has 1 heterocycles. The van der Waals surface area contributed by atoms with Crippen LogP contribution in [0.4, 0.5) is 8.78 Å². The first-order valence-corrected chi connectivity index (χ1v) is 5.61. The Morgan fingerprint density at radius 1 is 1.28 bits per heavy atom. The molecule has 1 aromatic carbocycles. The van der Waals surface area contributed by atoms with Gasteiger partial charge in [-0.1, -0.05) is 12.1 Å². The molecular weight excluding hydrogens is 236 g/mol. The van der Waals surface area contributed by atoms with E-state index in [1.165, 1.54) is 18.3 Å². The van der Waals surface area contributed by atoms with Crippen LogP contribution in [0.1, 0.15) is 22.8 Å². The van der Waals surface area contributed by atoms with Gasteiger partial charge in [0.1, 0.15) is 0 Å². The Morgan fingerprint density at radius 2 is 2.06 bits per heavy atom. The summed E-state index contributed by atoms with van der Waals surface area (Å²) in [6, 6.07) is 5.71. The van der Waals surface area contributed by atoms with Crippen molar-refractivity contribution in [1.82, 2.24) is 4.98 Å². The van der Waals surface area contributed by atoms with E-state index in [1.807, 2.05) is 6.92 Å². The number of rotatable bonds is 3. The van der Waals surface area contributed by atoms with Crippen LogP contribution >= 0.6 is 0 Å². The molecule has 0 spiro atoms. The van der Waals surface area contributed by atoms with Crippen LogP contribution in [-0.2, 0) is 6.42 Å². The number of halogens is 2. The Bertz CT molecular complexity index is 557. The third-order valence-corrected chi connectivity index (χ3v) is 2.88. The molecule has 0 aliphatic heterocycles. The van der Waals surface area contributed by atoms with Crippen molar-refractivity contribution in [3.63, 3.8) is 0 Å². The molecule has 1 N–H and O–H groups in total. The van der Waals surface area contributed by atoms with Gasteiger partial charge in [0.05, 0.1) is 6.10 Å². The van der Waals surface area contributed by atoms with E-state index in [2.05, 4.69) is 4.98 Å². The van der Waals surface area contributed by atoms with Crippen LogP contribution in [0.25, 0.3) is 0 Å². The summed E-state index contributed by atoms with van der Waals surface area (Å²) < 4.78 is 26.5. The molecule has 4 heteroatoms. The van der Waals surface area contributed by atoms with E-state index in [0.29, 0.717) is 5.56 Å². The monoisotopic (exact) mass is 249 g/mol. The Kier molecular flexibility index (Phi) is 3.67. The minimum absolute atomic E-state index is 0.0239. The van der Waals surface area contributed by atoms with Crippen molar-refractivity contribution in [3.8, 4) is 0 Å². The number of pyridine rings is 1. The molecule has 0 saturated heterocycles. The highest BCUT2D eigenvalue weighted by atomic mass is 19.2. The number of benzene rings is 1. The summed E-state index contributed by atoms with van der Waals surface area (Å²) in [5.41, 5.74) is 1.65. The fourth-order valence-corrected chi connectivity index (χ4v) is 1.85. The van der Waals surface area contributed by atoms with Gasteiger partial charge in [-0.3, -0.25) is 4.98 Å². The van der Waals surface area contributed by atoms with Gasteiger partial charge in [0.15, 0.2) is 11.6 Å². The first kappa shape index (κ1) is 12.6. The van der Waals surface area contributed by atoms with Gasteiger partial charge in [-0.25, -0.2) is 8.78 Å². The van der Waals surface area contributed by atoms with Crippen LogP contribution in [0.2, 0.25) is 0 Å². The molecule has 0 aliphatic carbocycles. The van der Waals surface area contributed by atoms with Crippen molar-refractivity contribution in [2.24, 2.45) is 0 Å². The fraction of sp³-hybridized carbons (Fsp3) is 0.214. The van der Waals surface area contributed by atoms with Gasteiger partial charge in [-0.05, 0) is 30.2 Å². The van der Waals surface area contributed by atoms with Gasteiger partial charge in [-0.15, -0.1) is 0 Å². The molecular formula is C14H13F2NO. The molecule has 0 radical (unpaired) electrons. The lowest BCUT2D eigenvalue weighted by atomic mass is 9.99. The van der Waals surface area contributed by atoms with Crippen molar-refractivity contribution in [2.75, 3.05) is 0 Å². The predicted octanol–water partition coefficient (Wildman–Crippen LogP) is 2.94. The number of aromatic nitrogens is 1. The minimum Gasteiger partial charge on any atom is -0.388 e. The predicted molar refractivity (Wildman–Crippen MR) is 64.0 cm³/mol. The molecule has 0 bridgehead atoms. The zero-order valence-corrected chi connectivity index (χ0v) is 9.90. The highest BCUT2D eigenvalue weighted by Crippen LogP contribution is 2.22. The fourth-order valence-electron chi connectivity index (χ4n) is 1.85. The molecule has 18 heavy (non-hydrogen) atoms. The number of hydrogen-bond donors (Lipinski definition) is 1. The van der Waals surface area contributed by atoms with Crippen molar-refractivity contribution in [2.45, 2.75) is 19.4 Å². The standard InChI is InChI=1S/C14H13F2NO/c1-9-5-6-17-8-11(9)13(18)7-10-3-2-4-12(15)14(10)16/h2-6,8,13,18H,7H2,1H3. The average Bonchev–Trinajstić information content (AvgIpc) is 2.35. The topological polar surface area (TPSA) is 33.1 Å². The zero-order valence-electron chi connectivity index (χ0n) is 9.90. The summed E-state index contributed by atoms with van der Waals surface area (Å²) in [5.74, 6) is -1.80. The molecule has 0 amide bonds. The first-order valence-electron chi connectivity index (χ1n) is 5.61. The smallest absolute Gasteiger partial charge is 0.162 e. The Hall–Kier alpha value is -1.81. The van der Waals surface area contributed by atoms with Crippen molar-refractivity contribution in [1.29, 1.82) is 0 Å². The Morgan fingerprint density at radius 3 is 2.78 bits per heavy atom. The quantitative estimate of drug-likeness (QED) is 0.907. The molecule has 94 valence electrons. The van der Waals surface area contributed by atoms with Crippen molar-refractivity contribution < 1.29 is 13.9 Å². The first-order chi connectivity index (χ1) is 8.59. The summed E-state index contributed by atoms with van der Waals surface area (Å²) in [4.78, 5) is 3.92. The molecule has 0 aliphatic rings. The van der Waals surface area contributed by atoms with Gasteiger partial charge in [-0.2, -0.15) is 0 Å². The minimum atomic E-state index is -0.905. The van der Waals surface area contributed by atoms with Crippen LogP contribution in [0.5, 0.6) is 0 Å². The molecule has 1 aromatic heterocycles. The largest absolute Gasteiger partial charge is 0.388 e. The second-order valence-electron chi connectivity index (χ2n) is 4.17. The molecule has 0 fully saturated rings. The Labute approximate surface area is 104 Å². The molecule has 0 saturated carbocycles. The van der Waals surface area contributed by atoms with Gasteiger partial charge in [0.2, 0.25) is 0 Å². The lowest BCUT2D eigenvalue weighted by Crippen LogP contribution is -2.06. The van der Waals surface area contributed by atoms with Crippen LogP contribution in [-0.4, -0.2) is 10.1 Å². The number of aliphatic hydroxyl groups is 1. The highest BCUT2D eigenvalue weighted by Gasteiger charge is 2.15.